The molecule has 20 heavy (non-hydrogen) atoms. The van der Waals surface area contributed by atoms with Gasteiger partial charge >= 0.3 is 0 Å². The fourth-order valence-electron chi connectivity index (χ4n) is 1.75. The minimum absolute atomic E-state index is 0.261. The fourth-order valence-corrected chi connectivity index (χ4v) is 1.75. The fraction of sp³-hybridized carbons (Fsp3) is 0.111. The van der Waals surface area contributed by atoms with Gasteiger partial charge in [-0.15, -0.1) is 6.42 Å². The molecular formula is C18H12F2. The monoisotopic (exact) mass is 266 g/mol. The van der Waals surface area contributed by atoms with Crippen LogP contribution in [0.1, 0.15) is 27.8 Å². The molecule has 0 aliphatic rings. The van der Waals surface area contributed by atoms with Crippen LogP contribution in [0.3, 0.4) is 0 Å². The van der Waals surface area contributed by atoms with E-state index in [0.29, 0.717) is 0 Å². The summed E-state index contributed by atoms with van der Waals surface area (Å²) in [7, 11) is 0. The second kappa shape index (κ2) is 5.59. The summed E-state index contributed by atoms with van der Waals surface area (Å²) in [4.78, 5) is 0. The van der Waals surface area contributed by atoms with E-state index in [4.69, 9.17) is 6.42 Å². The van der Waals surface area contributed by atoms with Crippen molar-refractivity contribution in [2.45, 2.75) is 13.8 Å². The normalized spacial score (nSPS) is 9.55. The van der Waals surface area contributed by atoms with Crippen molar-refractivity contribution in [3.63, 3.8) is 0 Å². The lowest BCUT2D eigenvalue weighted by molar-refractivity contribution is 0.577. The van der Waals surface area contributed by atoms with Crippen LogP contribution in [0.15, 0.2) is 30.3 Å². The van der Waals surface area contributed by atoms with Crippen molar-refractivity contribution in [2.24, 2.45) is 0 Å². The Morgan fingerprint density at radius 1 is 0.850 bits per heavy atom. The molecule has 0 nitrogen and oxygen atoms in total. The average molecular weight is 266 g/mol. The number of hydrogen-bond donors (Lipinski definition) is 0. The Morgan fingerprint density at radius 3 is 2.00 bits per heavy atom. The van der Waals surface area contributed by atoms with Crippen LogP contribution in [-0.2, 0) is 0 Å². The second-order valence-electron chi connectivity index (χ2n) is 4.51. The summed E-state index contributed by atoms with van der Waals surface area (Å²) in [6.07, 6.45) is 5.03. The van der Waals surface area contributed by atoms with Crippen LogP contribution in [-0.4, -0.2) is 0 Å². The lowest BCUT2D eigenvalue weighted by Crippen LogP contribution is -1.92. The van der Waals surface area contributed by atoms with Crippen LogP contribution >= 0.6 is 0 Å². The smallest absolute Gasteiger partial charge is 0.143 e. The van der Waals surface area contributed by atoms with Crippen molar-refractivity contribution in [3.05, 3.63) is 69.8 Å². The van der Waals surface area contributed by atoms with Gasteiger partial charge in [-0.1, -0.05) is 23.8 Å². The molecule has 0 saturated heterocycles. The third-order valence-corrected chi connectivity index (χ3v) is 3.04. The minimum atomic E-state index is -0.767. The highest BCUT2D eigenvalue weighted by molar-refractivity contribution is 5.48. The van der Waals surface area contributed by atoms with Crippen LogP contribution in [0, 0.1) is 49.7 Å². The van der Waals surface area contributed by atoms with E-state index in [9.17, 15) is 8.78 Å². The molecule has 0 amide bonds. The molecule has 0 radical (unpaired) electrons. The van der Waals surface area contributed by atoms with E-state index < -0.39 is 11.6 Å². The topological polar surface area (TPSA) is 0 Å². The number of aryl methyl sites for hydroxylation is 2. The molecule has 0 atom stereocenters. The molecule has 0 saturated carbocycles. The van der Waals surface area contributed by atoms with Gasteiger partial charge in [-0.2, -0.15) is 0 Å². The molecule has 0 heterocycles. The number of rotatable bonds is 0. The molecule has 2 rings (SSSR count). The van der Waals surface area contributed by atoms with Gasteiger partial charge in [0.2, 0.25) is 0 Å². The lowest BCUT2D eigenvalue weighted by atomic mass is 10.1. The molecule has 0 bridgehead atoms. The Morgan fingerprint density at radius 2 is 1.45 bits per heavy atom. The molecule has 0 N–H and O–H groups in total. The quantitative estimate of drug-likeness (QED) is 0.633. The first-order valence-corrected chi connectivity index (χ1v) is 6.06. The molecule has 2 aromatic rings. The zero-order chi connectivity index (χ0) is 14.7. The van der Waals surface area contributed by atoms with Crippen LogP contribution in [0.5, 0.6) is 0 Å². The van der Waals surface area contributed by atoms with E-state index in [-0.39, 0.29) is 11.1 Å². The third kappa shape index (κ3) is 2.87. The predicted molar refractivity (Wildman–Crippen MR) is 76.2 cm³/mol. The molecule has 98 valence electrons. The Hall–Kier alpha value is -2.58. The summed E-state index contributed by atoms with van der Waals surface area (Å²) < 4.78 is 27.0. The Balaban J connectivity index is 2.39. The van der Waals surface area contributed by atoms with E-state index in [0.717, 1.165) is 23.3 Å². The largest absolute Gasteiger partial charge is 0.205 e. The van der Waals surface area contributed by atoms with Gasteiger partial charge in [-0.05, 0) is 49.2 Å². The third-order valence-electron chi connectivity index (χ3n) is 3.04. The van der Waals surface area contributed by atoms with Crippen LogP contribution < -0.4 is 0 Å². The molecule has 0 unspecified atom stereocenters. The number of benzene rings is 2. The summed E-state index contributed by atoms with van der Waals surface area (Å²) in [6.45, 7) is 4.00. The van der Waals surface area contributed by atoms with Crippen LogP contribution in [0.4, 0.5) is 8.78 Å². The Bertz CT molecular complexity index is 745. The average Bonchev–Trinajstić information content (AvgIpc) is 2.40. The summed E-state index contributed by atoms with van der Waals surface area (Å²) in [5, 5.41) is 0. The highest BCUT2D eigenvalue weighted by atomic mass is 19.1. The van der Waals surface area contributed by atoms with Gasteiger partial charge in [0.05, 0.1) is 5.56 Å². The molecule has 2 aromatic carbocycles. The minimum Gasteiger partial charge on any atom is -0.205 e. The molecule has 0 spiro atoms. The first-order valence-electron chi connectivity index (χ1n) is 6.06. The zero-order valence-corrected chi connectivity index (χ0v) is 11.2. The van der Waals surface area contributed by atoms with Crippen molar-refractivity contribution in [1.82, 2.24) is 0 Å². The molecule has 0 aromatic heterocycles. The Kier molecular flexibility index (Phi) is 3.87. The number of halogens is 2. The SMILES string of the molecule is C#Cc1c(F)cc(C#Cc2ccc(C)c(C)c2)cc1F. The first-order chi connectivity index (χ1) is 9.51. The zero-order valence-electron chi connectivity index (χ0n) is 11.2. The molecule has 0 fully saturated rings. The summed E-state index contributed by atoms with van der Waals surface area (Å²) in [5.41, 5.74) is 3.00. The predicted octanol–water partition coefficient (Wildman–Crippen LogP) is 3.96. The van der Waals surface area contributed by atoms with Gasteiger partial charge in [0.1, 0.15) is 11.6 Å². The second-order valence-corrected chi connectivity index (χ2v) is 4.51. The lowest BCUT2D eigenvalue weighted by Gasteiger charge is -2.00. The van der Waals surface area contributed by atoms with Crippen molar-refractivity contribution in [2.75, 3.05) is 0 Å². The van der Waals surface area contributed by atoms with Crippen molar-refractivity contribution in [1.29, 1.82) is 0 Å². The van der Waals surface area contributed by atoms with E-state index in [1.165, 1.54) is 5.56 Å². The first kappa shape index (κ1) is 13.8. The van der Waals surface area contributed by atoms with E-state index >= 15 is 0 Å². The molecule has 2 heteroatoms. The van der Waals surface area contributed by atoms with E-state index in [1.807, 2.05) is 38.0 Å². The van der Waals surface area contributed by atoms with E-state index in [2.05, 4.69) is 11.8 Å². The van der Waals surface area contributed by atoms with Gasteiger partial charge in [-0.3, -0.25) is 0 Å². The summed E-state index contributed by atoms with van der Waals surface area (Å²) in [6, 6.07) is 8.06. The molecule has 0 aliphatic carbocycles. The maximum Gasteiger partial charge on any atom is 0.143 e. The Labute approximate surface area is 117 Å². The highest BCUT2D eigenvalue weighted by Gasteiger charge is 2.07. The van der Waals surface area contributed by atoms with Crippen LogP contribution in [0.2, 0.25) is 0 Å². The van der Waals surface area contributed by atoms with Gasteiger partial charge in [0.25, 0.3) is 0 Å². The summed E-state index contributed by atoms with van der Waals surface area (Å²) in [5.74, 6) is 6.07. The number of terminal acetylenes is 1. The maximum atomic E-state index is 13.5. The molecular weight excluding hydrogens is 254 g/mol. The maximum absolute atomic E-state index is 13.5. The van der Waals surface area contributed by atoms with Gasteiger partial charge in [0, 0.05) is 11.1 Å². The highest BCUT2D eigenvalue weighted by Crippen LogP contribution is 2.14. The van der Waals surface area contributed by atoms with Crippen LogP contribution in [0.25, 0.3) is 0 Å². The van der Waals surface area contributed by atoms with E-state index in [1.54, 1.807) is 0 Å². The van der Waals surface area contributed by atoms with Gasteiger partial charge < -0.3 is 0 Å². The van der Waals surface area contributed by atoms with Gasteiger partial charge in [-0.25, -0.2) is 8.78 Å². The number of hydrogen-bond acceptors (Lipinski definition) is 0. The summed E-state index contributed by atoms with van der Waals surface area (Å²) >= 11 is 0. The van der Waals surface area contributed by atoms with Crippen molar-refractivity contribution < 1.29 is 8.78 Å². The van der Waals surface area contributed by atoms with Gasteiger partial charge in [0.15, 0.2) is 0 Å². The molecule has 0 aliphatic heterocycles. The van der Waals surface area contributed by atoms with Crippen molar-refractivity contribution in [3.8, 4) is 24.2 Å². The van der Waals surface area contributed by atoms with Crippen molar-refractivity contribution >= 4 is 0 Å². The standard InChI is InChI=1S/C18H12F2/c1-4-16-17(19)10-15(11-18(16)20)8-7-14-6-5-12(2)13(3)9-14/h1,5-6,9-11H,2-3H3.